The topological polar surface area (TPSA) is 44.0 Å². The number of phenols is 1. The van der Waals surface area contributed by atoms with E-state index >= 15 is 0 Å². The zero-order valence-electron chi connectivity index (χ0n) is 8.92. The molecule has 0 saturated carbocycles. The quantitative estimate of drug-likeness (QED) is 0.818. The van der Waals surface area contributed by atoms with E-state index in [2.05, 4.69) is 6.07 Å². The van der Waals surface area contributed by atoms with Gasteiger partial charge in [-0.2, -0.15) is 5.26 Å². The van der Waals surface area contributed by atoms with Gasteiger partial charge in [0, 0.05) is 10.9 Å². The molecule has 0 aromatic heterocycles. The fourth-order valence-corrected chi connectivity index (χ4v) is 1.76. The van der Waals surface area contributed by atoms with Crippen molar-refractivity contribution in [3.63, 3.8) is 0 Å². The molecule has 0 aliphatic carbocycles. The van der Waals surface area contributed by atoms with Gasteiger partial charge in [-0.3, -0.25) is 0 Å². The third kappa shape index (κ3) is 2.32. The number of rotatable bonds is 2. The Morgan fingerprint density at radius 3 is 2.71 bits per heavy atom. The predicted octanol–water partition coefficient (Wildman–Crippen LogP) is 3.28. The van der Waals surface area contributed by atoms with Crippen LogP contribution in [0, 0.1) is 11.3 Å². The molecule has 0 atom stereocenters. The van der Waals surface area contributed by atoms with E-state index in [0.29, 0.717) is 11.1 Å². The van der Waals surface area contributed by atoms with Crippen LogP contribution >= 0.6 is 12.2 Å². The maximum Gasteiger partial charge on any atom is 0.123 e. The van der Waals surface area contributed by atoms with Gasteiger partial charge in [-0.1, -0.05) is 30.4 Å². The van der Waals surface area contributed by atoms with E-state index in [1.54, 1.807) is 41.8 Å². The minimum Gasteiger partial charge on any atom is -0.507 e. The van der Waals surface area contributed by atoms with Crippen molar-refractivity contribution in [1.82, 2.24) is 0 Å². The molecular formula is C14H9NOS. The Labute approximate surface area is 105 Å². The van der Waals surface area contributed by atoms with Crippen molar-refractivity contribution >= 4 is 17.6 Å². The number of hydrogen-bond donors (Lipinski definition) is 1. The van der Waals surface area contributed by atoms with Crippen LogP contribution in [0.2, 0.25) is 0 Å². The summed E-state index contributed by atoms with van der Waals surface area (Å²) >= 11 is 4.86. The first-order valence-electron chi connectivity index (χ1n) is 5.03. The van der Waals surface area contributed by atoms with E-state index in [-0.39, 0.29) is 5.75 Å². The number of phenolic OH excluding ortho intramolecular Hbond substituents is 1. The van der Waals surface area contributed by atoms with Crippen LogP contribution in [-0.2, 0) is 0 Å². The molecule has 0 bridgehead atoms. The number of benzene rings is 2. The van der Waals surface area contributed by atoms with Crippen molar-refractivity contribution in [2.45, 2.75) is 0 Å². The average Bonchev–Trinajstić information content (AvgIpc) is 2.39. The highest BCUT2D eigenvalue weighted by Gasteiger charge is 2.05. The molecular weight excluding hydrogens is 230 g/mol. The van der Waals surface area contributed by atoms with Gasteiger partial charge in [-0.05, 0) is 35.4 Å². The van der Waals surface area contributed by atoms with E-state index in [1.165, 1.54) is 0 Å². The highest BCUT2D eigenvalue weighted by Crippen LogP contribution is 2.30. The molecule has 2 rings (SSSR count). The second-order valence-corrected chi connectivity index (χ2v) is 3.82. The van der Waals surface area contributed by atoms with E-state index in [1.807, 2.05) is 6.07 Å². The maximum absolute atomic E-state index is 9.82. The third-order valence-corrected chi connectivity index (χ3v) is 2.73. The molecule has 0 saturated heterocycles. The molecule has 1 N–H and O–H groups in total. The Morgan fingerprint density at radius 1 is 1.18 bits per heavy atom. The van der Waals surface area contributed by atoms with Gasteiger partial charge >= 0.3 is 0 Å². The second kappa shape index (κ2) is 4.77. The van der Waals surface area contributed by atoms with Gasteiger partial charge in [-0.15, -0.1) is 0 Å². The van der Waals surface area contributed by atoms with Crippen molar-refractivity contribution in [1.29, 1.82) is 5.26 Å². The SMILES string of the molecule is N#Cc1cccc(-c2cc(C=S)ccc2O)c1. The summed E-state index contributed by atoms with van der Waals surface area (Å²) in [4.78, 5) is 0. The van der Waals surface area contributed by atoms with Crippen LogP contribution in [0.15, 0.2) is 42.5 Å². The Balaban J connectivity index is 2.59. The monoisotopic (exact) mass is 239 g/mol. The fourth-order valence-electron chi connectivity index (χ4n) is 1.61. The summed E-state index contributed by atoms with van der Waals surface area (Å²) in [5.41, 5.74) is 2.91. The highest BCUT2D eigenvalue weighted by molar-refractivity contribution is 7.79. The molecule has 0 radical (unpaired) electrons. The molecule has 0 unspecified atom stereocenters. The predicted molar refractivity (Wildman–Crippen MR) is 71.0 cm³/mol. The Morgan fingerprint density at radius 2 is 2.00 bits per heavy atom. The molecule has 0 aliphatic rings. The van der Waals surface area contributed by atoms with Gasteiger partial charge in [0.1, 0.15) is 5.75 Å². The Hall–Kier alpha value is -2.18. The molecule has 2 aromatic rings. The lowest BCUT2D eigenvalue weighted by molar-refractivity contribution is 0.477. The lowest BCUT2D eigenvalue weighted by Crippen LogP contribution is -1.84. The van der Waals surface area contributed by atoms with Gasteiger partial charge in [0.05, 0.1) is 11.6 Å². The number of aromatic hydroxyl groups is 1. The standard InChI is InChI=1S/C14H9NOS/c15-8-10-2-1-3-12(6-10)13-7-11(9-17)4-5-14(13)16/h1-7,9,16H. The molecule has 0 amide bonds. The lowest BCUT2D eigenvalue weighted by atomic mass is 10.0. The zero-order chi connectivity index (χ0) is 12.3. The average molecular weight is 239 g/mol. The van der Waals surface area contributed by atoms with Gasteiger partial charge in [0.25, 0.3) is 0 Å². The first kappa shape index (κ1) is 11.3. The molecule has 3 heteroatoms. The first-order chi connectivity index (χ1) is 8.24. The van der Waals surface area contributed by atoms with Crippen molar-refractivity contribution in [2.24, 2.45) is 0 Å². The van der Waals surface area contributed by atoms with Crippen molar-refractivity contribution in [3.05, 3.63) is 53.6 Å². The molecule has 0 fully saturated rings. The highest BCUT2D eigenvalue weighted by atomic mass is 32.1. The zero-order valence-corrected chi connectivity index (χ0v) is 9.74. The van der Waals surface area contributed by atoms with Crippen LogP contribution in [0.1, 0.15) is 11.1 Å². The summed E-state index contributed by atoms with van der Waals surface area (Å²) < 4.78 is 0. The molecule has 0 heterocycles. The Kier molecular flexibility index (Phi) is 3.17. The second-order valence-electron chi connectivity index (χ2n) is 3.59. The molecule has 2 nitrogen and oxygen atoms in total. The minimum absolute atomic E-state index is 0.181. The summed E-state index contributed by atoms with van der Waals surface area (Å²) in [6.45, 7) is 0. The van der Waals surface area contributed by atoms with E-state index in [9.17, 15) is 5.11 Å². The van der Waals surface area contributed by atoms with Crippen LogP contribution in [0.3, 0.4) is 0 Å². The first-order valence-corrected chi connectivity index (χ1v) is 5.50. The van der Waals surface area contributed by atoms with E-state index in [0.717, 1.165) is 11.1 Å². The number of nitrogens with zero attached hydrogens (tertiary/aromatic N) is 1. The van der Waals surface area contributed by atoms with Crippen LogP contribution in [0.25, 0.3) is 11.1 Å². The van der Waals surface area contributed by atoms with Crippen molar-refractivity contribution < 1.29 is 5.11 Å². The molecule has 82 valence electrons. The van der Waals surface area contributed by atoms with Gasteiger partial charge in [0.2, 0.25) is 0 Å². The summed E-state index contributed by atoms with van der Waals surface area (Å²) in [6.07, 6.45) is 0. The minimum atomic E-state index is 0.181. The number of thiocarbonyl (C=S) groups is 1. The van der Waals surface area contributed by atoms with E-state index < -0.39 is 0 Å². The molecule has 0 spiro atoms. The third-order valence-electron chi connectivity index (χ3n) is 2.46. The fraction of sp³-hybridized carbons (Fsp3) is 0. The van der Waals surface area contributed by atoms with Crippen LogP contribution in [0.5, 0.6) is 5.75 Å². The van der Waals surface area contributed by atoms with Crippen molar-refractivity contribution in [3.8, 4) is 22.9 Å². The molecule has 2 aromatic carbocycles. The summed E-state index contributed by atoms with van der Waals surface area (Å²) in [7, 11) is 0. The van der Waals surface area contributed by atoms with Crippen LogP contribution < -0.4 is 0 Å². The molecule has 0 aliphatic heterocycles. The lowest BCUT2D eigenvalue weighted by Gasteiger charge is -2.06. The number of nitriles is 1. The van der Waals surface area contributed by atoms with Crippen LogP contribution in [-0.4, -0.2) is 10.5 Å². The number of hydrogen-bond acceptors (Lipinski definition) is 3. The summed E-state index contributed by atoms with van der Waals surface area (Å²) in [5, 5.41) is 20.2. The summed E-state index contributed by atoms with van der Waals surface area (Å²) in [5.74, 6) is 0.181. The summed E-state index contributed by atoms with van der Waals surface area (Å²) in [6, 6.07) is 14.3. The smallest absolute Gasteiger partial charge is 0.123 e. The van der Waals surface area contributed by atoms with Gasteiger partial charge in [0.15, 0.2) is 0 Å². The van der Waals surface area contributed by atoms with Crippen LogP contribution in [0.4, 0.5) is 0 Å². The van der Waals surface area contributed by atoms with Gasteiger partial charge < -0.3 is 5.11 Å². The maximum atomic E-state index is 9.82. The van der Waals surface area contributed by atoms with E-state index in [4.69, 9.17) is 17.5 Å². The normalized spacial score (nSPS) is 9.59. The van der Waals surface area contributed by atoms with Crippen molar-refractivity contribution in [2.75, 3.05) is 0 Å². The molecule has 17 heavy (non-hydrogen) atoms. The van der Waals surface area contributed by atoms with Gasteiger partial charge in [-0.25, -0.2) is 0 Å². The largest absolute Gasteiger partial charge is 0.507 e. The Bertz CT molecular complexity index is 614.